The molecule has 0 unspecified atom stereocenters. The van der Waals surface area contributed by atoms with Crippen molar-refractivity contribution >= 4 is 63.5 Å². The van der Waals surface area contributed by atoms with E-state index in [-0.39, 0.29) is 17.6 Å². The first kappa shape index (κ1) is 25.3. The second kappa shape index (κ2) is 11.7. The number of amides is 2. The number of hydrogen-bond donors (Lipinski definition) is 2. The molecule has 2 amide bonds. The Morgan fingerprint density at radius 1 is 1.27 bits per heavy atom. The van der Waals surface area contributed by atoms with Gasteiger partial charge in [0.15, 0.2) is 11.0 Å². The summed E-state index contributed by atoms with van der Waals surface area (Å²) in [5.41, 5.74) is 2.17. The molecule has 2 aromatic carbocycles. The van der Waals surface area contributed by atoms with E-state index in [1.807, 2.05) is 36.6 Å². The number of benzene rings is 2. The van der Waals surface area contributed by atoms with E-state index in [2.05, 4.69) is 50.0 Å². The normalized spacial score (nSPS) is 11.6. The van der Waals surface area contributed by atoms with Crippen LogP contribution >= 0.6 is 46.0 Å². The van der Waals surface area contributed by atoms with Crippen LogP contribution in [0.2, 0.25) is 5.02 Å². The van der Waals surface area contributed by atoms with Gasteiger partial charge in [-0.05, 0) is 72.3 Å². The lowest BCUT2D eigenvalue weighted by Gasteiger charge is -2.15. The molecule has 3 aromatic rings. The maximum atomic E-state index is 12.6. The van der Waals surface area contributed by atoms with Crippen LogP contribution in [0.25, 0.3) is 0 Å². The number of halogens is 2. The fourth-order valence-corrected chi connectivity index (χ4v) is 4.72. The van der Waals surface area contributed by atoms with Gasteiger partial charge in [-0.1, -0.05) is 41.6 Å². The van der Waals surface area contributed by atoms with Crippen LogP contribution in [-0.2, 0) is 11.3 Å². The topological polar surface area (TPSA) is 88.9 Å². The number of carbonyl (C=O) groups excluding carboxylic acids is 2. The minimum absolute atomic E-state index is 0.140. The Bertz CT molecular complexity index is 1180. The van der Waals surface area contributed by atoms with Gasteiger partial charge >= 0.3 is 0 Å². The van der Waals surface area contributed by atoms with Gasteiger partial charge in [0, 0.05) is 15.8 Å². The summed E-state index contributed by atoms with van der Waals surface area (Å²) in [6.07, 6.45) is 1.72. The molecular weight excluding hydrogens is 573 g/mol. The first-order valence-electron chi connectivity index (χ1n) is 10.1. The number of nitrogens with zero attached hydrogens (tertiary/aromatic N) is 3. The molecule has 0 radical (unpaired) electrons. The lowest BCUT2D eigenvalue weighted by Crippen LogP contribution is -2.29. The molecule has 0 saturated heterocycles. The van der Waals surface area contributed by atoms with Gasteiger partial charge in [-0.2, -0.15) is 0 Å². The SMILES string of the molecule is C=CCn1c(SCC(=O)Nc2ccc(I)cc2C)nnc1[C@H](C)NC(=O)c1ccccc1Cl. The number of allylic oxidation sites excluding steroid dienone is 1. The van der Waals surface area contributed by atoms with Gasteiger partial charge in [0.25, 0.3) is 5.91 Å². The predicted octanol–water partition coefficient (Wildman–Crippen LogP) is 5.25. The van der Waals surface area contributed by atoms with E-state index in [9.17, 15) is 9.59 Å². The maximum Gasteiger partial charge on any atom is 0.253 e. The standard InChI is InChI=1S/C23H23ClIN5O2S/c1-4-11-30-21(15(3)26-22(32)17-7-5-6-8-18(17)24)28-29-23(30)33-13-20(31)27-19-10-9-16(25)12-14(19)2/h4-10,12,15H,1,11,13H2,2-3H3,(H,26,32)(H,27,31)/t15-/m0/s1. The van der Waals surface area contributed by atoms with Crippen molar-refractivity contribution in [2.45, 2.75) is 31.6 Å². The summed E-state index contributed by atoms with van der Waals surface area (Å²) in [6.45, 7) is 8.01. The average molecular weight is 596 g/mol. The van der Waals surface area contributed by atoms with Gasteiger partial charge in [0.05, 0.1) is 22.4 Å². The van der Waals surface area contributed by atoms with Crippen LogP contribution in [0.4, 0.5) is 5.69 Å². The highest BCUT2D eigenvalue weighted by Crippen LogP contribution is 2.23. The zero-order valence-electron chi connectivity index (χ0n) is 18.1. The van der Waals surface area contributed by atoms with E-state index in [1.165, 1.54) is 11.8 Å². The van der Waals surface area contributed by atoms with Crippen molar-refractivity contribution in [2.75, 3.05) is 11.1 Å². The molecule has 3 rings (SSSR count). The number of thioether (sulfide) groups is 1. The van der Waals surface area contributed by atoms with Crippen LogP contribution in [-0.4, -0.2) is 32.3 Å². The molecule has 10 heteroatoms. The van der Waals surface area contributed by atoms with Gasteiger partial charge in [-0.15, -0.1) is 16.8 Å². The Morgan fingerprint density at radius 3 is 2.73 bits per heavy atom. The third kappa shape index (κ3) is 6.58. The molecule has 0 aliphatic carbocycles. The Labute approximate surface area is 215 Å². The van der Waals surface area contributed by atoms with Crippen molar-refractivity contribution < 1.29 is 9.59 Å². The minimum atomic E-state index is -0.432. The molecular formula is C23H23ClIN5O2S. The highest BCUT2D eigenvalue weighted by molar-refractivity contribution is 14.1. The first-order chi connectivity index (χ1) is 15.8. The molecule has 0 aliphatic rings. The fraction of sp³-hybridized carbons (Fsp3) is 0.217. The molecule has 0 spiro atoms. The highest BCUT2D eigenvalue weighted by Gasteiger charge is 2.21. The fourth-order valence-electron chi connectivity index (χ4n) is 3.10. The molecule has 1 atom stereocenters. The summed E-state index contributed by atoms with van der Waals surface area (Å²) in [4.78, 5) is 25.1. The molecule has 0 saturated carbocycles. The van der Waals surface area contributed by atoms with Gasteiger partial charge in [0.2, 0.25) is 5.91 Å². The number of rotatable bonds is 9. The van der Waals surface area contributed by atoms with Crippen molar-refractivity contribution in [3.63, 3.8) is 0 Å². The van der Waals surface area contributed by atoms with E-state index in [0.717, 1.165) is 14.8 Å². The minimum Gasteiger partial charge on any atom is -0.342 e. The van der Waals surface area contributed by atoms with E-state index in [0.29, 0.717) is 28.1 Å². The van der Waals surface area contributed by atoms with Crippen molar-refractivity contribution in [3.8, 4) is 0 Å². The number of aryl methyl sites for hydroxylation is 1. The third-order valence-corrected chi connectivity index (χ3v) is 6.67. The number of anilines is 1. The van der Waals surface area contributed by atoms with Gasteiger partial charge in [0.1, 0.15) is 0 Å². The van der Waals surface area contributed by atoms with Crippen LogP contribution in [0.3, 0.4) is 0 Å². The monoisotopic (exact) mass is 595 g/mol. The molecule has 1 aromatic heterocycles. The van der Waals surface area contributed by atoms with Crippen LogP contribution in [0, 0.1) is 10.5 Å². The van der Waals surface area contributed by atoms with Crippen molar-refractivity contribution in [1.82, 2.24) is 20.1 Å². The lowest BCUT2D eigenvalue weighted by molar-refractivity contribution is -0.113. The molecule has 7 nitrogen and oxygen atoms in total. The van der Waals surface area contributed by atoms with Crippen molar-refractivity contribution in [1.29, 1.82) is 0 Å². The zero-order chi connectivity index (χ0) is 24.0. The van der Waals surface area contributed by atoms with Crippen LogP contribution in [0.5, 0.6) is 0 Å². The molecule has 33 heavy (non-hydrogen) atoms. The summed E-state index contributed by atoms with van der Waals surface area (Å²) in [6, 6.07) is 12.3. The zero-order valence-corrected chi connectivity index (χ0v) is 21.9. The van der Waals surface area contributed by atoms with Crippen LogP contribution in [0.15, 0.2) is 60.3 Å². The number of hydrogen-bond acceptors (Lipinski definition) is 5. The van der Waals surface area contributed by atoms with Crippen molar-refractivity contribution in [3.05, 3.63) is 80.7 Å². The van der Waals surface area contributed by atoms with Crippen LogP contribution in [0.1, 0.15) is 34.7 Å². The molecule has 0 fully saturated rings. The Hall–Kier alpha value is -2.37. The van der Waals surface area contributed by atoms with Gasteiger partial charge in [-0.3, -0.25) is 9.59 Å². The number of nitrogens with one attached hydrogen (secondary N) is 2. The Balaban J connectivity index is 1.68. The summed E-state index contributed by atoms with van der Waals surface area (Å²) in [5.74, 6) is 0.287. The molecule has 1 heterocycles. The second-order valence-corrected chi connectivity index (χ2v) is 9.81. The average Bonchev–Trinajstić information content (AvgIpc) is 3.17. The van der Waals surface area contributed by atoms with E-state index in [4.69, 9.17) is 11.6 Å². The quantitative estimate of drug-likeness (QED) is 0.200. The van der Waals surface area contributed by atoms with Gasteiger partial charge < -0.3 is 15.2 Å². The highest BCUT2D eigenvalue weighted by atomic mass is 127. The lowest BCUT2D eigenvalue weighted by atomic mass is 10.2. The first-order valence-corrected chi connectivity index (χ1v) is 12.5. The second-order valence-electron chi connectivity index (χ2n) is 7.21. The molecule has 0 bridgehead atoms. The maximum absolute atomic E-state index is 12.6. The smallest absolute Gasteiger partial charge is 0.253 e. The molecule has 172 valence electrons. The number of carbonyl (C=O) groups is 2. The summed E-state index contributed by atoms with van der Waals surface area (Å²) in [7, 11) is 0. The Kier molecular flexibility index (Phi) is 8.93. The third-order valence-electron chi connectivity index (χ3n) is 4.71. The predicted molar refractivity (Wildman–Crippen MR) is 141 cm³/mol. The summed E-state index contributed by atoms with van der Waals surface area (Å²) >= 11 is 9.64. The summed E-state index contributed by atoms with van der Waals surface area (Å²) < 4.78 is 2.94. The van der Waals surface area contributed by atoms with Crippen molar-refractivity contribution in [2.24, 2.45) is 0 Å². The largest absolute Gasteiger partial charge is 0.342 e. The van der Waals surface area contributed by atoms with Crippen LogP contribution < -0.4 is 10.6 Å². The molecule has 0 aliphatic heterocycles. The van der Waals surface area contributed by atoms with Gasteiger partial charge in [-0.25, -0.2) is 0 Å². The van der Waals surface area contributed by atoms with E-state index < -0.39 is 6.04 Å². The summed E-state index contributed by atoms with van der Waals surface area (Å²) in [5, 5.41) is 15.3. The molecule has 2 N–H and O–H groups in total. The van der Waals surface area contributed by atoms with E-state index >= 15 is 0 Å². The Morgan fingerprint density at radius 2 is 2.03 bits per heavy atom. The number of aromatic nitrogens is 3. The van der Waals surface area contributed by atoms with E-state index in [1.54, 1.807) is 30.3 Å².